The normalized spacial score (nSPS) is 19.4. The Bertz CT molecular complexity index is 949. The Morgan fingerprint density at radius 2 is 1.86 bits per heavy atom. The largest absolute Gasteiger partial charge is 0.453 e. The summed E-state index contributed by atoms with van der Waals surface area (Å²) in [6, 6.07) is 12.6. The molecule has 0 bridgehead atoms. The van der Waals surface area contributed by atoms with Crippen LogP contribution in [0, 0.1) is 5.92 Å². The number of furan rings is 1. The Kier molecular flexibility index (Phi) is 6.35. The van der Waals surface area contributed by atoms with Gasteiger partial charge in [0.2, 0.25) is 5.95 Å². The van der Waals surface area contributed by atoms with Crippen molar-refractivity contribution in [2.45, 2.75) is 38.3 Å². The van der Waals surface area contributed by atoms with Gasteiger partial charge < -0.3 is 20.0 Å². The van der Waals surface area contributed by atoms with E-state index in [1.807, 2.05) is 38.4 Å². The SMILES string of the molecule is CN(C)c1nc(NC2CCC(CNCc3ccc(Br)o3)CC2)nc2ccccc12. The summed E-state index contributed by atoms with van der Waals surface area (Å²) in [5.74, 6) is 3.37. The topological polar surface area (TPSA) is 66.2 Å². The van der Waals surface area contributed by atoms with Gasteiger partial charge in [0.1, 0.15) is 11.6 Å². The molecular formula is C22H28BrN5O. The molecule has 1 fully saturated rings. The van der Waals surface area contributed by atoms with E-state index in [0.29, 0.717) is 12.0 Å². The molecule has 6 nitrogen and oxygen atoms in total. The molecule has 2 N–H and O–H groups in total. The van der Waals surface area contributed by atoms with Crippen LogP contribution in [-0.2, 0) is 6.54 Å². The van der Waals surface area contributed by atoms with E-state index >= 15 is 0 Å². The number of anilines is 2. The minimum Gasteiger partial charge on any atom is -0.453 e. The molecule has 0 radical (unpaired) electrons. The van der Waals surface area contributed by atoms with Gasteiger partial charge in [0.15, 0.2) is 4.67 Å². The summed E-state index contributed by atoms with van der Waals surface area (Å²) < 4.78 is 6.33. The number of nitrogens with one attached hydrogen (secondary N) is 2. The van der Waals surface area contributed by atoms with Crippen molar-refractivity contribution < 1.29 is 4.42 Å². The van der Waals surface area contributed by atoms with E-state index in [2.05, 4.69) is 43.6 Å². The Morgan fingerprint density at radius 1 is 1.07 bits per heavy atom. The van der Waals surface area contributed by atoms with E-state index in [0.717, 1.165) is 59.0 Å². The Morgan fingerprint density at radius 3 is 2.59 bits per heavy atom. The summed E-state index contributed by atoms with van der Waals surface area (Å²) >= 11 is 3.35. The van der Waals surface area contributed by atoms with E-state index in [1.165, 1.54) is 12.8 Å². The Balaban J connectivity index is 1.30. The number of hydrogen-bond donors (Lipinski definition) is 2. The molecule has 0 unspecified atom stereocenters. The third kappa shape index (κ3) is 5.08. The fourth-order valence-corrected chi connectivity index (χ4v) is 4.35. The highest BCUT2D eigenvalue weighted by molar-refractivity contribution is 9.10. The van der Waals surface area contributed by atoms with Gasteiger partial charge in [-0.2, -0.15) is 4.98 Å². The van der Waals surface area contributed by atoms with Crippen LogP contribution < -0.4 is 15.5 Å². The van der Waals surface area contributed by atoms with Crippen LogP contribution >= 0.6 is 15.9 Å². The van der Waals surface area contributed by atoms with Crippen LogP contribution in [0.4, 0.5) is 11.8 Å². The van der Waals surface area contributed by atoms with Crippen molar-refractivity contribution in [3.63, 3.8) is 0 Å². The number of benzene rings is 1. The summed E-state index contributed by atoms with van der Waals surface area (Å²) in [5, 5.41) is 8.19. The van der Waals surface area contributed by atoms with Crippen LogP contribution in [0.5, 0.6) is 0 Å². The van der Waals surface area contributed by atoms with Crippen LogP contribution in [0.3, 0.4) is 0 Å². The number of rotatable bonds is 7. The molecule has 0 saturated heterocycles. The molecule has 1 aliphatic rings. The van der Waals surface area contributed by atoms with Crippen molar-refractivity contribution in [2.75, 3.05) is 30.9 Å². The third-order valence-corrected chi connectivity index (χ3v) is 5.97. The summed E-state index contributed by atoms with van der Waals surface area (Å²) in [4.78, 5) is 11.6. The molecule has 0 atom stereocenters. The zero-order valence-corrected chi connectivity index (χ0v) is 18.6. The van der Waals surface area contributed by atoms with Gasteiger partial charge in [-0.15, -0.1) is 0 Å². The van der Waals surface area contributed by atoms with Crippen molar-refractivity contribution in [1.29, 1.82) is 0 Å². The van der Waals surface area contributed by atoms with E-state index < -0.39 is 0 Å². The number of nitrogens with zero attached hydrogens (tertiary/aromatic N) is 3. The smallest absolute Gasteiger partial charge is 0.225 e. The number of hydrogen-bond acceptors (Lipinski definition) is 6. The van der Waals surface area contributed by atoms with Crippen LogP contribution in [0.1, 0.15) is 31.4 Å². The fraction of sp³-hybridized carbons (Fsp3) is 0.455. The van der Waals surface area contributed by atoms with Crippen molar-refractivity contribution in [2.24, 2.45) is 5.92 Å². The third-order valence-electron chi connectivity index (χ3n) is 5.55. The van der Waals surface area contributed by atoms with Gasteiger partial charge in [-0.25, -0.2) is 4.98 Å². The maximum absolute atomic E-state index is 5.54. The molecule has 0 spiro atoms. The van der Waals surface area contributed by atoms with Crippen LogP contribution in [0.15, 0.2) is 45.5 Å². The van der Waals surface area contributed by atoms with Crippen molar-refractivity contribution >= 4 is 38.6 Å². The molecule has 1 saturated carbocycles. The standard InChI is InChI=1S/C22H28BrN5O/c1-28(2)21-18-5-3-4-6-19(18)26-22(27-21)25-16-9-7-15(8-10-16)13-24-14-17-11-12-20(23)29-17/h3-6,11-12,15-16,24H,7-10,13-14H2,1-2H3,(H,25,26,27). The molecule has 154 valence electrons. The first-order valence-corrected chi connectivity index (χ1v) is 11.0. The first-order valence-electron chi connectivity index (χ1n) is 10.2. The average molecular weight is 458 g/mol. The second kappa shape index (κ2) is 9.13. The molecule has 0 amide bonds. The Labute approximate surface area is 180 Å². The zero-order chi connectivity index (χ0) is 20.2. The quantitative estimate of drug-likeness (QED) is 0.530. The maximum Gasteiger partial charge on any atom is 0.225 e. The van der Waals surface area contributed by atoms with Crippen LogP contribution in [0.2, 0.25) is 0 Å². The lowest BCUT2D eigenvalue weighted by molar-refractivity contribution is 0.319. The van der Waals surface area contributed by atoms with Gasteiger partial charge in [-0.05, 0) is 78.3 Å². The second-order valence-electron chi connectivity index (χ2n) is 7.98. The van der Waals surface area contributed by atoms with Gasteiger partial charge >= 0.3 is 0 Å². The monoisotopic (exact) mass is 457 g/mol. The van der Waals surface area contributed by atoms with Gasteiger partial charge in [0, 0.05) is 25.5 Å². The molecule has 29 heavy (non-hydrogen) atoms. The number of fused-ring (bicyclic) bond motifs is 1. The van der Waals surface area contributed by atoms with Crippen molar-refractivity contribution in [1.82, 2.24) is 15.3 Å². The summed E-state index contributed by atoms with van der Waals surface area (Å²) in [5.41, 5.74) is 0.983. The molecule has 1 aliphatic carbocycles. The highest BCUT2D eigenvalue weighted by Gasteiger charge is 2.22. The Hall–Kier alpha value is -2.12. The molecule has 0 aliphatic heterocycles. The fourth-order valence-electron chi connectivity index (χ4n) is 4.01. The molecular weight excluding hydrogens is 430 g/mol. The lowest BCUT2D eigenvalue weighted by Crippen LogP contribution is -2.31. The highest BCUT2D eigenvalue weighted by atomic mass is 79.9. The highest BCUT2D eigenvalue weighted by Crippen LogP contribution is 2.28. The summed E-state index contributed by atoms with van der Waals surface area (Å²) in [7, 11) is 4.05. The zero-order valence-electron chi connectivity index (χ0n) is 17.0. The average Bonchev–Trinajstić information content (AvgIpc) is 3.13. The summed E-state index contributed by atoms with van der Waals surface area (Å²) in [6.45, 7) is 1.81. The van der Waals surface area contributed by atoms with E-state index in [-0.39, 0.29) is 0 Å². The van der Waals surface area contributed by atoms with Crippen LogP contribution in [-0.4, -0.2) is 36.6 Å². The van der Waals surface area contributed by atoms with Gasteiger partial charge in [-0.1, -0.05) is 12.1 Å². The minimum absolute atomic E-state index is 0.434. The van der Waals surface area contributed by atoms with Gasteiger partial charge in [0.05, 0.1) is 12.1 Å². The molecule has 4 rings (SSSR count). The van der Waals surface area contributed by atoms with Gasteiger partial charge in [0.25, 0.3) is 0 Å². The van der Waals surface area contributed by atoms with Gasteiger partial charge in [-0.3, -0.25) is 0 Å². The number of halogens is 1. The number of para-hydroxylation sites is 1. The lowest BCUT2D eigenvalue weighted by atomic mass is 9.86. The predicted octanol–water partition coefficient (Wildman–Crippen LogP) is 4.81. The lowest BCUT2D eigenvalue weighted by Gasteiger charge is -2.29. The van der Waals surface area contributed by atoms with E-state index in [9.17, 15) is 0 Å². The molecule has 1 aromatic carbocycles. The van der Waals surface area contributed by atoms with Crippen LogP contribution in [0.25, 0.3) is 10.9 Å². The first kappa shape index (κ1) is 20.2. The molecule has 2 heterocycles. The predicted molar refractivity (Wildman–Crippen MR) is 121 cm³/mol. The summed E-state index contributed by atoms with van der Waals surface area (Å²) in [6.07, 6.45) is 4.71. The molecule has 7 heteroatoms. The van der Waals surface area contributed by atoms with Crippen molar-refractivity contribution in [3.8, 4) is 0 Å². The van der Waals surface area contributed by atoms with Crippen molar-refractivity contribution in [3.05, 3.63) is 46.8 Å². The molecule has 2 aromatic heterocycles. The maximum atomic E-state index is 5.54. The van der Waals surface area contributed by atoms with E-state index in [1.54, 1.807) is 0 Å². The number of aromatic nitrogens is 2. The first-order chi connectivity index (χ1) is 14.1. The second-order valence-corrected chi connectivity index (χ2v) is 8.76. The van der Waals surface area contributed by atoms with E-state index in [4.69, 9.17) is 14.4 Å². The minimum atomic E-state index is 0.434. The molecule has 3 aromatic rings.